The van der Waals surface area contributed by atoms with Crippen molar-refractivity contribution in [2.24, 2.45) is 0 Å². The van der Waals surface area contributed by atoms with Crippen LogP contribution < -0.4 is 4.90 Å². The van der Waals surface area contributed by atoms with Gasteiger partial charge in [-0.05, 0) is 50.1 Å². The number of amides is 2. The lowest BCUT2D eigenvalue weighted by Crippen LogP contribution is -2.32. The minimum absolute atomic E-state index is 0.0410. The first-order valence-corrected chi connectivity index (χ1v) is 10.2. The molecule has 1 aliphatic carbocycles. The number of rotatable bonds is 4. The summed E-state index contributed by atoms with van der Waals surface area (Å²) in [6.45, 7) is 1.81. The first-order valence-electron chi connectivity index (χ1n) is 8.75. The molecule has 1 aliphatic heterocycles. The van der Waals surface area contributed by atoms with Crippen molar-refractivity contribution >= 4 is 27.5 Å². The Morgan fingerprint density at radius 1 is 1.14 bits per heavy atom. The van der Waals surface area contributed by atoms with Gasteiger partial charge < -0.3 is 4.90 Å². The molecule has 0 bridgehead atoms. The van der Waals surface area contributed by atoms with Crippen molar-refractivity contribution in [2.45, 2.75) is 30.7 Å². The second-order valence-electron chi connectivity index (χ2n) is 6.70. The van der Waals surface area contributed by atoms with Gasteiger partial charge in [-0.25, -0.2) is 21.5 Å². The maximum Gasteiger partial charge on any atom is 0.269 e. The van der Waals surface area contributed by atoms with E-state index in [1.165, 1.54) is 29.2 Å². The van der Waals surface area contributed by atoms with E-state index in [2.05, 4.69) is 0 Å². The van der Waals surface area contributed by atoms with Gasteiger partial charge in [-0.3, -0.25) is 9.59 Å². The van der Waals surface area contributed by atoms with Crippen LogP contribution >= 0.6 is 0 Å². The Kier molecular flexibility index (Phi) is 4.22. The van der Waals surface area contributed by atoms with Crippen LogP contribution in [0, 0.1) is 11.6 Å². The van der Waals surface area contributed by atoms with Gasteiger partial charge in [0.1, 0.15) is 4.90 Å². The number of hydrogen-bond acceptors (Lipinski definition) is 4. The number of nitrogens with zero attached hydrogens (tertiary/aromatic N) is 2. The smallest absolute Gasteiger partial charge is 0.269 e. The molecule has 0 aromatic heterocycles. The highest BCUT2D eigenvalue weighted by Gasteiger charge is 2.48. The molecular formula is C19H16F2N2O4S. The van der Waals surface area contributed by atoms with Crippen LogP contribution in [0.5, 0.6) is 0 Å². The lowest BCUT2D eigenvalue weighted by atomic mass is 10.1. The van der Waals surface area contributed by atoms with Crippen LogP contribution in [0.15, 0.2) is 41.3 Å². The Hall–Kier alpha value is -2.81. The summed E-state index contributed by atoms with van der Waals surface area (Å²) in [6.07, 6.45) is 1.26. The molecule has 4 rings (SSSR count). The van der Waals surface area contributed by atoms with Crippen molar-refractivity contribution in [1.29, 1.82) is 0 Å². The quantitative estimate of drug-likeness (QED) is 0.783. The van der Waals surface area contributed by atoms with Crippen LogP contribution in [-0.4, -0.2) is 37.1 Å². The first-order chi connectivity index (χ1) is 13.3. The normalized spacial score (nSPS) is 17.5. The average molecular weight is 406 g/mol. The first kappa shape index (κ1) is 18.5. The molecule has 2 amide bonds. The van der Waals surface area contributed by atoms with Crippen LogP contribution in [0.1, 0.15) is 40.5 Å². The van der Waals surface area contributed by atoms with E-state index in [-0.39, 0.29) is 34.3 Å². The number of anilines is 1. The van der Waals surface area contributed by atoms with Crippen molar-refractivity contribution in [3.05, 3.63) is 59.2 Å². The summed E-state index contributed by atoms with van der Waals surface area (Å²) in [7, 11) is -3.99. The molecule has 1 fully saturated rings. The molecule has 6 nitrogen and oxygen atoms in total. The lowest BCUT2D eigenvalue weighted by Gasteiger charge is -2.21. The number of sulfonamides is 1. The van der Waals surface area contributed by atoms with Gasteiger partial charge in [0.05, 0.1) is 5.56 Å². The summed E-state index contributed by atoms with van der Waals surface area (Å²) in [4.78, 5) is 26.3. The second-order valence-corrected chi connectivity index (χ2v) is 8.48. The maximum atomic E-state index is 13.6. The zero-order chi connectivity index (χ0) is 20.2. The molecule has 28 heavy (non-hydrogen) atoms. The topological polar surface area (TPSA) is 74.8 Å². The average Bonchev–Trinajstić information content (AvgIpc) is 3.46. The van der Waals surface area contributed by atoms with E-state index in [0.717, 1.165) is 16.4 Å². The number of carbonyl (C=O) groups excluding carboxylic acids is 2. The Morgan fingerprint density at radius 3 is 2.46 bits per heavy atom. The van der Waals surface area contributed by atoms with Crippen molar-refractivity contribution in [3.8, 4) is 0 Å². The SMILES string of the molecule is CCN(C(=O)c1ccc2c(c1)S(=O)(=O)N(C1CC1)C2=O)c1ccc(F)c(F)c1. The molecule has 0 N–H and O–H groups in total. The monoisotopic (exact) mass is 406 g/mol. The summed E-state index contributed by atoms with van der Waals surface area (Å²) >= 11 is 0. The molecule has 2 aliphatic rings. The largest absolute Gasteiger partial charge is 0.309 e. The molecular weight excluding hydrogens is 390 g/mol. The minimum Gasteiger partial charge on any atom is -0.309 e. The van der Waals surface area contributed by atoms with E-state index >= 15 is 0 Å². The highest BCUT2D eigenvalue weighted by Crippen LogP contribution is 2.39. The van der Waals surface area contributed by atoms with Crippen LogP contribution in [0.2, 0.25) is 0 Å². The third-order valence-corrected chi connectivity index (χ3v) is 6.73. The molecule has 0 spiro atoms. The van der Waals surface area contributed by atoms with E-state index in [1.807, 2.05) is 0 Å². The molecule has 2 aromatic rings. The number of carbonyl (C=O) groups is 2. The van der Waals surface area contributed by atoms with Gasteiger partial charge in [-0.2, -0.15) is 0 Å². The second kappa shape index (κ2) is 6.37. The number of fused-ring (bicyclic) bond motifs is 1. The maximum absolute atomic E-state index is 13.6. The van der Waals surface area contributed by atoms with Gasteiger partial charge in [-0.1, -0.05) is 0 Å². The summed E-state index contributed by atoms with van der Waals surface area (Å²) in [5, 5.41) is 0. The van der Waals surface area contributed by atoms with Crippen LogP contribution in [-0.2, 0) is 10.0 Å². The molecule has 1 saturated carbocycles. The number of halogens is 2. The van der Waals surface area contributed by atoms with Crippen molar-refractivity contribution in [2.75, 3.05) is 11.4 Å². The van der Waals surface area contributed by atoms with E-state index in [1.54, 1.807) is 6.92 Å². The number of hydrogen-bond donors (Lipinski definition) is 0. The molecule has 2 aromatic carbocycles. The van der Waals surface area contributed by atoms with Crippen molar-refractivity contribution < 1.29 is 26.8 Å². The third kappa shape index (κ3) is 2.77. The van der Waals surface area contributed by atoms with Gasteiger partial charge in [-0.15, -0.1) is 0 Å². The van der Waals surface area contributed by atoms with Crippen LogP contribution in [0.3, 0.4) is 0 Å². The van der Waals surface area contributed by atoms with Gasteiger partial charge in [0.25, 0.3) is 21.8 Å². The Bertz CT molecular complexity index is 1110. The standard InChI is InChI=1S/C19H16F2N2O4S/c1-2-22(13-6-8-15(20)16(21)10-13)18(24)11-3-7-14-17(9-11)28(26,27)23(19(14)25)12-4-5-12/h3,6-10,12H,2,4-5H2,1H3. The number of benzene rings is 2. The fourth-order valence-electron chi connectivity index (χ4n) is 3.30. The van der Waals surface area contributed by atoms with Crippen molar-refractivity contribution in [3.63, 3.8) is 0 Å². The Morgan fingerprint density at radius 2 is 1.86 bits per heavy atom. The van der Waals surface area contributed by atoms with Crippen molar-refractivity contribution in [1.82, 2.24) is 4.31 Å². The minimum atomic E-state index is -3.99. The zero-order valence-electron chi connectivity index (χ0n) is 14.9. The Labute approximate surface area is 160 Å². The molecule has 9 heteroatoms. The summed E-state index contributed by atoms with van der Waals surface area (Å²) in [5.74, 6) is -3.28. The fourth-order valence-corrected chi connectivity index (χ4v) is 5.14. The lowest BCUT2D eigenvalue weighted by molar-refractivity contribution is 0.0864. The molecule has 1 heterocycles. The van der Waals surface area contributed by atoms with Gasteiger partial charge >= 0.3 is 0 Å². The third-order valence-electron chi connectivity index (χ3n) is 4.85. The zero-order valence-corrected chi connectivity index (χ0v) is 15.7. The molecule has 0 unspecified atom stereocenters. The predicted octanol–water partition coefficient (Wildman–Crippen LogP) is 2.94. The van der Waals surface area contributed by atoms with Gasteiger partial charge in [0, 0.05) is 29.9 Å². The van der Waals surface area contributed by atoms with Gasteiger partial charge in [0.15, 0.2) is 11.6 Å². The highest BCUT2D eigenvalue weighted by molar-refractivity contribution is 7.90. The predicted molar refractivity (Wildman–Crippen MR) is 96.5 cm³/mol. The van der Waals surface area contributed by atoms with Gasteiger partial charge in [0.2, 0.25) is 0 Å². The summed E-state index contributed by atoms with van der Waals surface area (Å²) < 4.78 is 53.1. The Balaban J connectivity index is 1.72. The summed E-state index contributed by atoms with van der Waals surface area (Å²) in [6, 6.07) is 6.63. The van der Waals surface area contributed by atoms with Crippen LogP contribution in [0.25, 0.3) is 0 Å². The van der Waals surface area contributed by atoms with E-state index < -0.39 is 33.5 Å². The fraction of sp³-hybridized carbons (Fsp3) is 0.263. The van der Waals surface area contributed by atoms with Crippen LogP contribution in [0.4, 0.5) is 14.5 Å². The van der Waals surface area contributed by atoms with E-state index in [9.17, 15) is 26.8 Å². The summed E-state index contributed by atoms with van der Waals surface area (Å²) in [5.41, 5.74) is 0.226. The van der Waals surface area contributed by atoms with E-state index in [0.29, 0.717) is 12.8 Å². The molecule has 0 saturated heterocycles. The highest BCUT2D eigenvalue weighted by atomic mass is 32.2. The molecule has 146 valence electrons. The molecule has 0 atom stereocenters. The molecule has 0 radical (unpaired) electrons. The van der Waals surface area contributed by atoms with E-state index in [4.69, 9.17) is 0 Å².